The zero-order valence-electron chi connectivity index (χ0n) is 50.2. The van der Waals surface area contributed by atoms with E-state index in [1.165, 1.54) is 43.5 Å². The minimum absolute atomic E-state index is 0.202. The number of nitrogens with zero attached hydrogens (tertiary/aromatic N) is 2. The normalized spacial score (nSPS) is 18.0. The second-order valence-corrected chi connectivity index (χ2v) is 29.0. The van der Waals surface area contributed by atoms with Crippen LogP contribution in [-0.2, 0) is 63.8 Å². The Balaban J connectivity index is 0.725. The van der Waals surface area contributed by atoms with Gasteiger partial charge in [0.25, 0.3) is 0 Å². The molecule has 0 aliphatic carbocycles. The Morgan fingerprint density at radius 3 is 1.08 bits per heavy atom. The molecule has 0 amide bonds. The summed E-state index contributed by atoms with van der Waals surface area (Å²) in [4.78, 5) is 0. The Morgan fingerprint density at radius 1 is 0.446 bits per heavy atom. The van der Waals surface area contributed by atoms with Crippen LogP contribution in [0.25, 0.3) is 0 Å². The summed E-state index contributed by atoms with van der Waals surface area (Å²) in [6, 6.07) is 56.8. The predicted molar refractivity (Wildman–Crippen MR) is 351 cm³/mol. The molecule has 2 fully saturated rings. The van der Waals surface area contributed by atoms with Crippen LogP contribution < -0.4 is 10.6 Å². The largest absolute Gasteiger partial charge is 0.377 e. The molecule has 2 N–H and O–H groups in total. The molecule has 0 bridgehead atoms. The number of thioether (sulfide) groups is 2. The third-order valence-electron chi connectivity index (χ3n) is 16.3. The fourth-order valence-corrected chi connectivity index (χ4v) is 15.2. The van der Waals surface area contributed by atoms with Crippen LogP contribution in [0.3, 0.4) is 0 Å². The minimum atomic E-state index is -0.397. The average molecular weight is 1190 g/mol. The molecule has 83 heavy (non-hydrogen) atoms. The van der Waals surface area contributed by atoms with Crippen LogP contribution in [-0.4, -0.2) is 79.2 Å². The van der Waals surface area contributed by atoms with Gasteiger partial charge in [0.2, 0.25) is 0 Å². The van der Waals surface area contributed by atoms with Crippen LogP contribution >= 0.6 is 48.0 Å². The van der Waals surface area contributed by atoms with Gasteiger partial charge in [0.05, 0.1) is 48.0 Å². The lowest BCUT2D eigenvalue weighted by Crippen LogP contribution is -2.61. The summed E-state index contributed by atoms with van der Waals surface area (Å²) >= 11 is 15.5. The zero-order chi connectivity index (χ0) is 59.0. The van der Waals surface area contributed by atoms with Gasteiger partial charge in [-0.1, -0.05) is 182 Å². The molecule has 0 aromatic heterocycles. The first-order valence-corrected chi connectivity index (χ1v) is 32.3. The summed E-state index contributed by atoms with van der Waals surface area (Å²) < 4.78 is 19.7. The van der Waals surface area contributed by atoms with Crippen molar-refractivity contribution in [2.24, 2.45) is 0 Å². The Hall–Kier alpha value is -4.16. The summed E-state index contributed by atoms with van der Waals surface area (Å²) in [6.07, 6.45) is 7.06. The van der Waals surface area contributed by atoms with Gasteiger partial charge in [-0.25, -0.2) is 0 Å². The summed E-state index contributed by atoms with van der Waals surface area (Å²) in [5.41, 5.74) is 10.4. The molecular formula is C70H88N4O5S4. The van der Waals surface area contributed by atoms with Gasteiger partial charge < -0.3 is 24.8 Å². The lowest BCUT2D eigenvalue weighted by molar-refractivity contribution is -0.290. The maximum Gasteiger partial charge on any atom is 0.0784 e. The molecule has 8 rings (SSSR count). The van der Waals surface area contributed by atoms with Gasteiger partial charge in [-0.2, -0.15) is 0 Å². The van der Waals surface area contributed by atoms with Crippen molar-refractivity contribution in [3.63, 3.8) is 0 Å². The number of aryl methyl sites for hydroxylation is 2. The van der Waals surface area contributed by atoms with Crippen molar-refractivity contribution in [2.75, 3.05) is 26.4 Å². The minimum Gasteiger partial charge on any atom is -0.377 e. The summed E-state index contributed by atoms with van der Waals surface area (Å²) in [6.45, 7) is 21.1. The van der Waals surface area contributed by atoms with Crippen LogP contribution in [0.15, 0.2) is 158 Å². The van der Waals surface area contributed by atoms with Crippen molar-refractivity contribution >= 4 is 56.4 Å². The third kappa shape index (κ3) is 19.4. The molecule has 9 nitrogen and oxygen atoms in total. The molecule has 2 saturated heterocycles. The lowest BCUT2D eigenvalue weighted by atomic mass is 9.79. The molecule has 2 heterocycles. The highest BCUT2D eigenvalue weighted by molar-refractivity contribution is 8.24. The first kappa shape index (κ1) is 64.8. The Morgan fingerprint density at radius 2 is 0.747 bits per heavy atom. The van der Waals surface area contributed by atoms with E-state index in [1.54, 1.807) is 23.5 Å². The van der Waals surface area contributed by atoms with Gasteiger partial charge in [-0.15, -0.1) is 44.1 Å². The fourth-order valence-electron chi connectivity index (χ4n) is 12.1. The van der Waals surface area contributed by atoms with E-state index < -0.39 is 22.2 Å². The van der Waals surface area contributed by atoms with E-state index in [4.69, 9.17) is 38.6 Å². The van der Waals surface area contributed by atoms with Crippen molar-refractivity contribution in [2.45, 2.75) is 178 Å². The number of thiocarbonyl (C=S) groups is 2. The maximum absolute atomic E-state index is 12.9. The predicted octanol–water partition coefficient (Wildman–Crippen LogP) is 15.9. The number of ether oxygens (including phenoxy) is 3. The van der Waals surface area contributed by atoms with Crippen LogP contribution in [0.5, 0.6) is 0 Å². The van der Waals surface area contributed by atoms with Crippen LogP contribution in [0.4, 0.5) is 0 Å². The summed E-state index contributed by atoms with van der Waals surface area (Å²) in [5, 5.41) is 36.3. The van der Waals surface area contributed by atoms with Crippen molar-refractivity contribution < 1.29 is 24.6 Å². The van der Waals surface area contributed by atoms with E-state index in [0.717, 1.165) is 95.1 Å². The SMILES string of the molecule is CC1(C)CC(NCc2ccc(C(CCc3ccc(COCCOCCOCc4ccc(CCC(SC(=S)c5ccccc5)c5ccc(CNC6CC(C)(C)N([O])C(C)(C)C6)cc5)cc4)cc3)SC(=S)c3ccccc3)cc2)CC(C)(C)N1[O]. The summed E-state index contributed by atoms with van der Waals surface area (Å²) in [5.74, 6) is 0. The van der Waals surface area contributed by atoms with E-state index in [1.807, 2.05) is 36.4 Å². The first-order valence-electron chi connectivity index (χ1n) is 29.7. The highest BCUT2D eigenvalue weighted by atomic mass is 32.2. The first-order chi connectivity index (χ1) is 39.7. The van der Waals surface area contributed by atoms with E-state index in [9.17, 15) is 10.4 Å². The third-order valence-corrected chi connectivity index (χ3v) is 19.8. The van der Waals surface area contributed by atoms with Crippen LogP contribution in [0, 0.1) is 0 Å². The smallest absolute Gasteiger partial charge is 0.0784 e. The number of nitrogens with one attached hydrogen (secondary N) is 2. The van der Waals surface area contributed by atoms with Gasteiger partial charge in [0, 0.05) is 57.8 Å². The molecule has 0 spiro atoms. The van der Waals surface area contributed by atoms with Gasteiger partial charge >= 0.3 is 0 Å². The van der Waals surface area contributed by atoms with Crippen molar-refractivity contribution in [1.29, 1.82) is 0 Å². The molecule has 13 heteroatoms. The number of hydroxylamine groups is 4. The molecule has 442 valence electrons. The number of hydrogen-bond donors (Lipinski definition) is 2. The van der Waals surface area contributed by atoms with E-state index >= 15 is 0 Å². The molecular weight excluding hydrogens is 1110 g/mol. The van der Waals surface area contributed by atoms with Crippen LogP contribution in [0.1, 0.15) is 160 Å². The van der Waals surface area contributed by atoms with Crippen molar-refractivity contribution in [3.8, 4) is 0 Å². The Bertz CT molecular complexity index is 2710. The number of hydrogen-bond acceptors (Lipinski definition) is 11. The molecule has 2 atom stereocenters. The van der Waals surface area contributed by atoms with E-state index in [0.29, 0.717) is 39.6 Å². The second kappa shape index (κ2) is 30.5. The molecule has 2 aliphatic heterocycles. The quantitative estimate of drug-likeness (QED) is 0.0363. The van der Waals surface area contributed by atoms with Gasteiger partial charge in [0.1, 0.15) is 0 Å². The van der Waals surface area contributed by atoms with Gasteiger partial charge in [-0.05, 0) is 162 Å². The zero-order valence-corrected chi connectivity index (χ0v) is 53.5. The number of piperidine rings is 2. The lowest BCUT2D eigenvalue weighted by Gasteiger charge is -2.50. The molecule has 2 radical (unpaired) electrons. The molecule has 6 aromatic rings. The van der Waals surface area contributed by atoms with E-state index in [2.05, 4.69) is 187 Å². The molecule has 0 saturated carbocycles. The Labute approximate surface area is 516 Å². The molecule has 2 unspecified atom stereocenters. The fraction of sp³-hybridized carbons (Fsp3) is 0.457. The van der Waals surface area contributed by atoms with Gasteiger partial charge in [-0.3, -0.25) is 0 Å². The average Bonchev–Trinajstić information content (AvgIpc) is 3.51. The van der Waals surface area contributed by atoms with Gasteiger partial charge in [0.15, 0.2) is 0 Å². The van der Waals surface area contributed by atoms with Crippen molar-refractivity contribution in [1.82, 2.24) is 20.8 Å². The number of rotatable bonds is 28. The standard InChI is InChI=1S/C70H88N4O5S4/c1-67(2)43-61(44-68(3,4)73(67)75)71-47-53-27-33-57(34-28-53)63(82-65(80)59-15-11-9-12-16-59)37-31-51-19-23-55(24-20-51)49-78-41-39-77-40-42-79-50-56-25-21-52(22-26-56)32-38-64(83-66(81)60-17-13-10-14-18-60)58-35-29-54(30-36-58)48-72-62-45-69(5,6)74(76)70(7,8)46-62/h9-30,33-36,61-64,71-72H,31-32,37-50H2,1-8H3. The number of benzene rings is 6. The van der Waals surface area contributed by atoms with Crippen LogP contribution in [0.2, 0.25) is 0 Å². The maximum atomic E-state index is 12.9. The molecule has 2 aliphatic rings. The van der Waals surface area contributed by atoms with E-state index in [-0.39, 0.29) is 22.6 Å². The second-order valence-electron chi connectivity index (χ2n) is 25.2. The summed E-state index contributed by atoms with van der Waals surface area (Å²) in [7, 11) is 0. The monoisotopic (exact) mass is 1190 g/mol. The molecule has 6 aromatic carbocycles. The highest BCUT2D eigenvalue weighted by Crippen LogP contribution is 2.41. The topological polar surface area (TPSA) is 98.0 Å². The Kier molecular flexibility index (Phi) is 23.8. The van der Waals surface area contributed by atoms with Crippen molar-refractivity contribution in [3.05, 3.63) is 213 Å². The highest BCUT2D eigenvalue weighted by Gasteiger charge is 2.47.